The zero-order chi connectivity index (χ0) is 15.1. The van der Waals surface area contributed by atoms with E-state index in [1.807, 2.05) is 10.6 Å². The lowest BCUT2D eigenvalue weighted by Gasteiger charge is -2.21. The van der Waals surface area contributed by atoms with Crippen LogP contribution >= 0.6 is 0 Å². The Morgan fingerprint density at radius 1 is 1.33 bits per heavy atom. The number of hydrogen-bond acceptors (Lipinski definition) is 3. The number of aryl methyl sites for hydroxylation is 1. The van der Waals surface area contributed by atoms with Crippen LogP contribution in [0.5, 0.6) is 0 Å². The van der Waals surface area contributed by atoms with Gasteiger partial charge in [-0.2, -0.15) is 0 Å². The minimum atomic E-state index is -0.986. The summed E-state index contributed by atoms with van der Waals surface area (Å²) in [6.45, 7) is 0. The molecular weight excluding hydrogens is 272 g/mol. The second kappa shape index (κ2) is 4.73. The van der Waals surface area contributed by atoms with Gasteiger partial charge in [-0.1, -0.05) is 6.07 Å². The number of carbonyl (C=O) groups excluding carboxylic acids is 2. The van der Waals surface area contributed by atoms with Crippen LogP contribution in [0, 0.1) is 0 Å². The van der Waals surface area contributed by atoms with Crippen molar-refractivity contribution in [1.29, 1.82) is 0 Å². The number of carbonyl (C=O) groups is 3. The van der Waals surface area contributed by atoms with E-state index in [9.17, 15) is 14.4 Å². The van der Waals surface area contributed by atoms with E-state index in [1.165, 1.54) is 0 Å². The molecule has 1 fully saturated rings. The van der Waals surface area contributed by atoms with Crippen molar-refractivity contribution in [2.45, 2.75) is 18.8 Å². The molecule has 0 bridgehead atoms. The zero-order valence-corrected chi connectivity index (χ0v) is 11.4. The highest BCUT2D eigenvalue weighted by Crippen LogP contribution is 2.30. The second-order valence-electron chi connectivity index (χ2n) is 5.21. The molecule has 1 unspecified atom stereocenters. The Morgan fingerprint density at radius 2 is 2.10 bits per heavy atom. The number of benzene rings is 1. The number of amides is 2. The monoisotopic (exact) mass is 286 g/mol. The molecule has 2 amide bonds. The van der Waals surface area contributed by atoms with Crippen molar-refractivity contribution >= 4 is 28.7 Å². The maximum Gasteiger partial charge on any atom is 0.335 e. The van der Waals surface area contributed by atoms with Crippen molar-refractivity contribution in [3.05, 3.63) is 35.5 Å². The highest BCUT2D eigenvalue weighted by Gasteiger charge is 2.30. The van der Waals surface area contributed by atoms with Gasteiger partial charge < -0.3 is 9.67 Å². The van der Waals surface area contributed by atoms with E-state index < -0.39 is 5.97 Å². The number of carboxylic acids is 1. The van der Waals surface area contributed by atoms with Crippen LogP contribution in [0.3, 0.4) is 0 Å². The first-order valence-corrected chi connectivity index (χ1v) is 6.63. The van der Waals surface area contributed by atoms with E-state index in [1.54, 1.807) is 25.2 Å². The van der Waals surface area contributed by atoms with Crippen LogP contribution in [0.2, 0.25) is 0 Å². The quantitative estimate of drug-likeness (QED) is 0.817. The number of aromatic nitrogens is 1. The topological polar surface area (TPSA) is 88.4 Å². The number of nitrogens with one attached hydrogen (secondary N) is 1. The van der Waals surface area contributed by atoms with E-state index in [-0.39, 0.29) is 23.3 Å². The van der Waals surface area contributed by atoms with Gasteiger partial charge in [-0.25, -0.2) is 4.79 Å². The van der Waals surface area contributed by atoms with E-state index in [4.69, 9.17) is 5.11 Å². The average Bonchev–Trinajstić information content (AvgIpc) is 2.75. The second-order valence-corrected chi connectivity index (χ2v) is 5.21. The highest BCUT2D eigenvalue weighted by molar-refractivity contribution is 6.01. The number of hydrogen-bond donors (Lipinski definition) is 2. The molecule has 1 saturated heterocycles. The molecule has 6 heteroatoms. The van der Waals surface area contributed by atoms with Crippen LogP contribution in [-0.4, -0.2) is 27.5 Å². The third-order valence-electron chi connectivity index (χ3n) is 3.93. The third-order valence-corrected chi connectivity index (χ3v) is 3.93. The molecule has 1 aromatic heterocycles. The van der Waals surface area contributed by atoms with Crippen molar-refractivity contribution in [1.82, 2.24) is 9.88 Å². The van der Waals surface area contributed by atoms with Gasteiger partial charge in [0.1, 0.15) is 0 Å². The largest absolute Gasteiger partial charge is 0.478 e. The number of carboxylic acid groups (broad SMARTS) is 1. The number of imide groups is 1. The predicted octanol–water partition coefficient (Wildman–Crippen LogP) is 1.40. The van der Waals surface area contributed by atoms with E-state index >= 15 is 0 Å². The van der Waals surface area contributed by atoms with Gasteiger partial charge >= 0.3 is 5.97 Å². The van der Waals surface area contributed by atoms with Crippen molar-refractivity contribution in [3.63, 3.8) is 0 Å². The summed E-state index contributed by atoms with van der Waals surface area (Å²) in [5.41, 5.74) is 1.76. The minimum absolute atomic E-state index is 0.207. The first-order valence-electron chi connectivity index (χ1n) is 6.63. The Labute approximate surface area is 120 Å². The van der Waals surface area contributed by atoms with Crippen LogP contribution in [-0.2, 0) is 16.6 Å². The molecule has 0 spiro atoms. The van der Waals surface area contributed by atoms with E-state index in [0.29, 0.717) is 12.8 Å². The van der Waals surface area contributed by atoms with Gasteiger partial charge in [0, 0.05) is 24.7 Å². The minimum Gasteiger partial charge on any atom is -0.478 e. The molecule has 1 atom stereocenters. The SMILES string of the molecule is Cn1c(C2CCC(=O)NC2=O)cc2ccc(C(=O)O)cc21. The van der Waals surface area contributed by atoms with Gasteiger partial charge in [-0.05, 0) is 30.0 Å². The number of rotatable bonds is 2. The number of piperidine rings is 1. The lowest BCUT2D eigenvalue weighted by Crippen LogP contribution is -2.40. The number of aromatic carboxylic acids is 1. The Kier molecular flexibility index (Phi) is 3.01. The zero-order valence-electron chi connectivity index (χ0n) is 11.4. The summed E-state index contributed by atoms with van der Waals surface area (Å²) in [4.78, 5) is 34.2. The van der Waals surface area contributed by atoms with Crippen LogP contribution in [0.1, 0.15) is 34.8 Å². The fraction of sp³-hybridized carbons (Fsp3) is 0.267. The van der Waals surface area contributed by atoms with Crippen LogP contribution in [0.25, 0.3) is 10.9 Å². The Balaban J connectivity index is 2.07. The maximum absolute atomic E-state index is 12.0. The summed E-state index contributed by atoms with van der Waals surface area (Å²) < 4.78 is 1.82. The van der Waals surface area contributed by atoms with E-state index in [2.05, 4.69) is 5.32 Å². The molecule has 1 aliphatic rings. The molecule has 0 saturated carbocycles. The van der Waals surface area contributed by atoms with Crippen molar-refractivity contribution in [2.24, 2.45) is 7.05 Å². The van der Waals surface area contributed by atoms with Gasteiger partial charge in [0.2, 0.25) is 11.8 Å². The third kappa shape index (κ3) is 2.18. The van der Waals surface area contributed by atoms with Gasteiger partial charge in [0.15, 0.2) is 0 Å². The molecule has 0 radical (unpaired) electrons. The molecule has 2 aromatic rings. The molecule has 21 heavy (non-hydrogen) atoms. The molecular formula is C15H14N2O4. The standard InChI is InChI=1S/C15H14N2O4/c1-17-11-7-9(15(20)21)3-2-8(11)6-12(17)10-4-5-13(18)16-14(10)19/h2-3,6-7,10H,4-5H2,1H3,(H,20,21)(H,16,18,19). The summed E-state index contributed by atoms with van der Waals surface area (Å²) in [7, 11) is 1.80. The first-order chi connectivity index (χ1) is 9.97. The highest BCUT2D eigenvalue weighted by atomic mass is 16.4. The molecule has 108 valence electrons. The number of nitrogens with zero attached hydrogens (tertiary/aromatic N) is 1. The summed E-state index contributed by atoms with van der Waals surface area (Å²) in [5.74, 6) is -1.91. The Hall–Kier alpha value is -2.63. The fourth-order valence-electron chi connectivity index (χ4n) is 2.79. The maximum atomic E-state index is 12.0. The van der Waals surface area contributed by atoms with Gasteiger partial charge in [-0.3, -0.25) is 14.9 Å². The average molecular weight is 286 g/mol. The first kappa shape index (κ1) is 13.4. The van der Waals surface area contributed by atoms with Crippen molar-refractivity contribution < 1.29 is 19.5 Å². The Bertz CT molecular complexity index is 775. The van der Waals surface area contributed by atoms with Crippen molar-refractivity contribution in [2.75, 3.05) is 0 Å². The van der Waals surface area contributed by atoms with Crippen LogP contribution < -0.4 is 5.32 Å². The van der Waals surface area contributed by atoms with Gasteiger partial charge in [0.25, 0.3) is 0 Å². The fourth-order valence-corrected chi connectivity index (χ4v) is 2.79. The summed E-state index contributed by atoms with van der Waals surface area (Å²) >= 11 is 0. The molecule has 2 heterocycles. The number of fused-ring (bicyclic) bond motifs is 1. The summed E-state index contributed by atoms with van der Waals surface area (Å²) in [6, 6.07) is 6.74. The van der Waals surface area contributed by atoms with Crippen LogP contribution in [0.4, 0.5) is 0 Å². The van der Waals surface area contributed by atoms with Crippen molar-refractivity contribution in [3.8, 4) is 0 Å². The molecule has 0 aliphatic carbocycles. The lowest BCUT2D eigenvalue weighted by atomic mass is 9.94. The molecule has 2 N–H and O–H groups in total. The van der Waals surface area contributed by atoms with Gasteiger partial charge in [-0.15, -0.1) is 0 Å². The smallest absolute Gasteiger partial charge is 0.335 e. The molecule has 1 aromatic carbocycles. The van der Waals surface area contributed by atoms with Crippen LogP contribution in [0.15, 0.2) is 24.3 Å². The summed E-state index contributed by atoms with van der Waals surface area (Å²) in [6.07, 6.45) is 0.791. The molecule has 6 nitrogen and oxygen atoms in total. The molecule has 1 aliphatic heterocycles. The lowest BCUT2D eigenvalue weighted by molar-refractivity contribution is -0.134. The molecule has 3 rings (SSSR count). The predicted molar refractivity (Wildman–Crippen MR) is 75.0 cm³/mol. The van der Waals surface area contributed by atoms with Gasteiger partial charge in [0.05, 0.1) is 11.5 Å². The normalized spacial score (nSPS) is 18.8. The Morgan fingerprint density at radius 3 is 2.76 bits per heavy atom. The van der Waals surface area contributed by atoms with E-state index in [0.717, 1.165) is 16.6 Å². The summed E-state index contributed by atoms with van der Waals surface area (Å²) in [5, 5.41) is 12.3.